The Hall–Kier alpha value is -5.45. The van der Waals surface area contributed by atoms with Crippen molar-refractivity contribution in [1.29, 1.82) is 0 Å². The lowest BCUT2D eigenvalue weighted by molar-refractivity contribution is -0.268. The molecule has 0 bridgehead atoms. The Morgan fingerprint density at radius 1 is 0.755 bits per heavy atom. The van der Waals surface area contributed by atoms with Crippen LogP contribution in [0.2, 0.25) is 0 Å². The highest BCUT2D eigenvalue weighted by Crippen LogP contribution is 2.43. The van der Waals surface area contributed by atoms with Gasteiger partial charge in [0.1, 0.15) is 11.5 Å². The number of para-hydroxylation sites is 1. The summed E-state index contributed by atoms with van der Waals surface area (Å²) in [5.74, 6) is 2.23. The van der Waals surface area contributed by atoms with Gasteiger partial charge in [-0.2, -0.15) is 0 Å². The highest BCUT2D eigenvalue weighted by atomic mass is 32.2. The first kappa shape index (κ1) is 35.9. The highest BCUT2D eigenvalue weighted by molar-refractivity contribution is 7.99. The molecule has 0 saturated carbocycles. The molecule has 8 nitrogen and oxygen atoms in total. The number of thioether (sulfide) groups is 1. The molecule has 268 valence electrons. The van der Waals surface area contributed by atoms with Crippen LogP contribution in [-0.2, 0) is 22.6 Å². The largest absolute Gasteiger partial charge is 0.457 e. The summed E-state index contributed by atoms with van der Waals surface area (Å²) in [6.07, 6.45) is 0.906. The maximum Gasteiger partial charge on any atom is 0.319 e. The fraction of sp³-hybridized carbons (Fsp3) is 0.182. The third-order valence-corrected chi connectivity index (χ3v) is 10.2. The van der Waals surface area contributed by atoms with Gasteiger partial charge in [0.2, 0.25) is 0 Å². The van der Waals surface area contributed by atoms with E-state index in [1.807, 2.05) is 121 Å². The van der Waals surface area contributed by atoms with Gasteiger partial charge >= 0.3 is 6.03 Å². The molecule has 1 aliphatic heterocycles. The molecular weight excluding hydrogens is 683 g/mol. The monoisotopic (exact) mass is 723 g/mol. The smallest absolute Gasteiger partial charge is 0.319 e. The molecule has 0 aliphatic carbocycles. The van der Waals surface area contributed by atoms with Crippen LogP contribution in [0.4, 0.5) is 10.5 Å². The maximum absolute atomic E-state index is 12.8. The number of carbonyl (C=O) groups excluding carboxylic acids is 1. The van der Waals surface area contributed by atoms with Crippen molar-refractivity contribution in [3.63, 3.8) is 0 Å². The molecule has 1 fully saturated rings. The molecule has 3 N–H and O–H groups in total. The van der Waals surface area contributed by atoms with Crippen LogP contribution >= 0.6 is 11.8 Å². The number of carbonyl (C=O) groups is 1. The van der Waals surface area contributed by atoms with E-state index in [1.54, 1.807) is 18.0 Å². The molecule has 0 radical (unpaired) electrons. The molecule has 4 unspecified atom stereocenters. The Kier molecular flexibility index (Phi) is 11.8. The first-order valence-corrected chi connectivity index (χ1v) is 18.6. The van der Waals surface area contributed by atoms with E-state index in [9.17, 15) is 9.90 Å². The van der Waals surface area contributed by atoms with Crippen molar-refractivity contribution in [2.75, 3.05) is 11.1 Å². The topological polar surface area (TPSA) is 102 Å². The van der Waals surface area contributed by atoms with E-state index in [4.69, 9.17) is 14.2 Å². The third kappa shape index (κ3) is 9.51. The van der Waals surface area contributed by atoms with Crippen LogP contribution in [0.1, 0.15) is 41.6 Å². The van der Waals surface area contributed by atoms with Crippen LogP contribution in [0, 0.1) is 5.92 Å². The lowest BCUT2D eigenvalue weighted by atomic mass is 9.91. The fourth-order valence-electron chi connectivity index (χ4n) is 6.22. The fourth-order valence-corrected chi connectivity index (χ4v) is 7.25. The number of aliphatic hydroxyl groups excluding tert-OH is 1. The number of hydrogen-bond acceptors (Lipinski definition) is 7. The Labute approximate surface area is 314 Å². The van der Waals surface area contributed by atoms with Gasteiger partial charge in [0.05, 0.1) is 23.8 Å². The number of amides is 2. The van der Waals surface area contributed by atoms with Gasteiger partial charge in [-0.05, 0) is 88.5 Å². The highest BCUT2D eigenvalue weighted by Gasteiger charge is 2.38. The van der Waals surface area contributed by atoms with E-state index in [1.165, 1.54) is 0 Å². The van der Waals surface area contributed by atoms with Crippen LogP contribution in [0.3, 0.4) is 0 Å². The van der Waals surface area contributed by atoms with Gasteiger partial charge in [-0.1, -0.05) is 91.9 Å². The zero-order valence-electron chi connectivity index (χ0n) is 29.3. The van der Waals surface area contributed by atoms with E-state index in [2.05, 4.69) is 46.8 Å². The molecule has 4 atom stereocenters. The van der Waals surface area contributed by atoms with Crippen LogP contribution in [-0.4, -0.2) is 28.0 Å². The van der Waals surface area contributed by atoms with E-state index < -0.39 is 6.29 Å². The Morgan fingerprint density at radius 2 is 1.49 bits per heavy atom. The van der Waals surface area contributed by atoms with Crippen LogP contribution in [0.25, 0.3) is 11.1 Å². The molecule has 2 amide bonds. The number of anilines is 1. The number of nitrogens with zero attached hydrogens (tertiary/aromatic N) is 1. The van der Waals surface area contributed by atoms with E-state index >= 15 is 0 Å². The van der Waals surface area contributed by atoms with Crippen molar-refractivity contribution in [2.24, 2.45) is 5.92 Å². The van der Waals surface area contributed by atoms with Gasteiger partial charge in [0.15, 0.2) is 6.29 Å². The van der Waals surface area contributed by atoms with Crippen molar-refractivity contribution in [1.82, 2.24) is 10.3 Å². The minimum atomic E-state index is -0.587. The predicted octanol–water partition coefficient (Wildman–Crippen LogP) is 9.94. The average molecular weight is 724 g/mol. The second-order valence-corrected chi connectivity index (χ2v) is 13.9. The van der Waals surface area contributed by atoms with E-state index in [-0.39, 0.29) is 30.8 Å². The Balaban J connectivity index is 1.01. The SMILES string of the molecule is CC1C(CSc2ccccn2)OC(c2cccc(-c3cccc(CNC(=O)Nc4ccc(Oc5ccccc5)cc4)c3)c2)OC1c1ccc(CO)cc1. The Morgan fingerprint density at radius 3 is 2.25 bits per heavy atom. The van der Waals surface area contributed by atoms with Crippen LogP contribution in [0.5, 0.6) is 11.5 Å². The van der Waals surface area contributed by atoms with Crippen molar-refractivity contribution in [2.45, 2.75) is 43.6 Å². The van der Waals surface area contributed by atoms with Gasteiger partial charge in [-0.25, -0.2) is 9.78 Å². The summed E-state index contributed by atoms with van der Waals surface area (Å²) < 4.78 is 19.3. The zero-order valence-corrected chi connectivity index (χ0v) is 30.1. The molecule has 7 rings (SSSR count). The summed E-state index contributed by atoms with van der Waals surface area (Å²) in [6, 6.07) is 46.8. The first-order valence-electron chi connectivity index (χ1n) is 17.6. The standard InChI is InChI=1S/C44H41N3O5S/c1-30-40(29-53-41-15-5-6-24-45-41)51-43(52-42(30)33-18-16-31(28-48)17-19-33)36-12-8-11-35(26-36)34-10-7-9-32(25-34)27-46-44(49)47-37-20-22-39(23-21-37)50-38-13-3-2-4-14-38/h2-26,30,40,42-43,48H,27-29H2,1H3,(H2,46,47,49). The molecular formula is C44H41N3O5S. The number of aromatic nitrogens is 1. The summed E-state index contributed by atoms with van der Waals surface area (Å²) in [5, 5.41) is 16.4. The lowest BCUT2D eigenvalue weighted by Crippen LogP contribution is -2.38. The molecule has 2 heterocycles. The maximum atomic E-state index is 12.8. The number of pyridine rings is 1. The van der Waals surface area contributed by atoms with Crippen molar-refractivity contribution < 1.29 is 24.1 Å². The molecule has 0 spiro atoms. The van der Waals surface area contributed by atoms with Crippen molar-refractivity contribution >= 4 is 23.5 Å². The summed E-state index contributed by atoms with van der Waals surface area (Å²) >= 11 is 1.68. The normalized spacial score (nSPS) is 18.2. The quantitative estimate of drug-likeness (QED) is 0.108. The number of rotatable bonds is 12. The molecule has 6 aromatic rings. The number of benzene rings is 5. The van der Waals surface area contributed by atoms with E-state index in [0.717, 1.165) is 49.9 Å². The second kappa shape index (κ2) is 17.4. The number of hydrogen-bond donors (Lipinski definition) is 3. The number of aliphatic hydroxyl groups is 1. The molecule has 53 heavy (non-hydrogen) atoms. The Bertz CT molecular complexity index is 2080. The van der Waals surface area contributed by atoms with Gasteiger partial charge in [-0.15, -0.1) is 11.8 Å². The number of ether oxygens (including phenoxy) is 3. The third-order valence-electron chi connectivity index (χ3n) is 9.12. The molecule has 9 heteroatoms. The summed E-state index contributed by atoms with van der Waals surface area (Å²) in [7, 11) is 0. The molecule has 1 saturated heterocycles. The number of nitrogens with one attached hydrogen (secondary N) is 2. The first-order chi connectivity index (χ1) is 26.0. The average Bonchev–Trinajstić information content (AvgIpc) is 3.21. The zero-order chi connectivity index (χ0) is 36.4. The van der Waals surface area contributed by atoms with Crippen molar-refractivity contribution in [3.05, 3.63) is 174 Å². The van der Waals surface area contributed by atoms with Gasteiger partial charge in [0.25, 0.3) is 0 Å². The van der Waals surface area contributed by atoms with Gasteiger partial charge < -0.3 is 30.0 Å². The summed E-state index contributed by atoms with van der Waals surface area (Å²) in [4.78, 5) is 17.3. The van der Waals surface area contributed by atoms with E-state index in [0.29, 0.717) is 18.0 Å². The molecule has 5 aromatic carbocycles. The van der Waals surface area contributed by atoms with Gasteiger partial charge in [0, 0.05) is 35.7 Å². The molecule has 1 aromatic heterocycles. The summed E-state index contributed by atoms with van der Waals surface area (Å²) in [5.41, 5.74) is 6.48. The minimum Gasteiger partial charge on any atom is -0.457 e. The van der Waals surface area contributed by atoms with Crippen molar-refractivity contribution in [3.8, 4) is 22.6 Å². The minimum absolute atomic E-state index is 0.00578. The number of urea groups is 1. The second-order valence-electron chi connectivity index (χ2n) is 12.9. The van der Waals surface area contributed by atoms with Gasteiger partial charge in [-0.3, -0.25) is 0 Å². The van der Waals surface area contributed by atoms with Crippen LogP contribution in [0.15, 0.2) is 157 Å². The van der Waals surface area contributed by atoms with Crippen LogP contribution < -0.4 is 15.4 Å². The lowest BCUT2D eigenvalue weighted by Gasteiger charge is -2.41. The predicted molar refractivity (Wildman–Crippen MR) is 209 cm³/mol. The summed E-state index contributed by atoms with van der Waals surface area (Å²) in [6.45, 7) is 2.51. The molecule has 1 aliphatic rings.